The van der Waals surface area contributed by atoms with E-state index in [2.05, 4.69) is 20.8 Å². The zero-order valence-electron chi connectivity index (χ0n) is 50.6. The summed E-state index contributed by atoms with van der Waals surface area (Å²) in [7, 11) is 0. The number of aliphatic hydroxyl groups is 3. The van der Waals surface area contributed by atoms with Gasteiger partial charge in [-0.1, -0.05) is 342 Å². The SMILES string of the molecule is CCCCCCCCCCCCCCCCCC(=O)[O-].CCCCCCCCCCCCCCCCCCCCCC(=O)O.CCCCCCCCCCCCCCCCCCCCCC(=O)[O-].OCC(O)CO.[Mg+2]. The van der Waals surface area contributed by atoms with Crippen LogP contribution in [0.15, 0.2) is 0 Å². The second kappa shape index (κ2) is 79.5. The molecule has 0 rings (SSSR count). The van der Waals surface area contributed by atoms with E-state index in [0.29, 0.717) is 6.42 Å². The van der Waals surface area contributed by atoms with E-state index in [-0.39, 0.29) is 49.1 Å². The first-order chi connectivity index (χ1) is 36.1. The zero-order valence-corrected chi connectivity index (χ0v) is 52.0. The van der Waals surface area contributed by atoms with Gasteiger partial charge < -0.3 is 40.2 Å². The van der Waals surface area contributed by atoms with Crippen LogP contribution in [0, 0.1) is 0 Å². The minimum Gasteiger partial charge on any atom is -0.550 e. The van der Waals surface area contributed by atoms with Crippen molar-refractivity contribution in [3.8, 4) is 0 Å². The number of carbonyl (C=O) groups is 3. The number of carboxylic acids is 3. The third-order valence-corrected chi connectivity index (χ3v) is 14.4. The van der Waals surface area contributed by atoms with Crippen LogP contribution in [0.1, 0.15) is 380 Å². The van der Waals surface area contributed by atoms with Crippen molar-refractivity contribution in [2.45, 2.75) is 386 Å². The van der Waals surface area contributed by atoms with Crippen LogP contribution >= 0.6 is 0 Å². The molecule has 0 aliphatic carbocycles. The Morgan fingerprint density at radius 1 is 0.280 bits per heavy atom. The van der Waals surface area contributed by atoms with Gasteiger partial charge in [0.2, 0.25) is 0 Å². The van der Waals surface area contributed by atoms with Gasteiger partial charge in [0.25, 0.3) is 0 Å². The van der Waals surface area contributed by atoms with Crippen molar-refractivity contribution in [3.05, 3.63) is 0 Å². The summed E-state index contributed by atoms with van der Waals surface area (Å²) in [6.45, 7) is 6.10. The van der Waals surface area contributed by atoms with E-state index < -0.39 is 24.0 Å². The molecule has 0 spiro atoms. The van der Waals surface area contributed by atoms with Crippen molar-refractivity contribution in [2.24, 2.45) is 0 Å². The van der Waals surface area contributed by atoms with Crippen LogP contribution in [0.5, 0.6) is 0 Å². The normalized spacial score (nSPS) is 10.8. The number of aliphatic carboxylic acids is 3. The van der Waals surface area contributed by atoms with Crippen LogP contribution in [0.3, 0.4) is 0 Å². The van der Waals surface area contributed by atoms with E-state index in [0.717, 1.165) is 38.5 Å². The predicted molar refractivity (Wildman–Crippen MR) is 319 cm³/mol. The van der Waals surface area contributed by atoms with E-state index in [1.54, 1.807) is 0 Å². The van der Waals surface area contributed by atoms with Gasteiger partial charge in [-0.15, -0.1) is 0 Å². The van der Waals surface area contributed by atoms with Crippen molar-refractivity contribution >= 4 is 41.0 Å². The van der Waals surface area contributed by atoms with Crippen molar-refractivity contribution in [1.82, 2.24) is 0 Å². The number of hydrogen-bond acceptors (Lipinski definition) is 8. The maximum absolute atomic E-state index is 10.4. The van der Waals surface area contributed by atoms with Crippen LogP contribution in [0.25, 0.3) is 0 Å². The van der Waals surface area contributed by atoms with Crippen molar-refractivity contribution in [1.29, 1.82) is 0 Å². The smallest absolute Gasteiger partial charge is 0.550 e. The molecule has 0 amide bonds. The van der Waals surface area contributed by atoms with Crippen LogP contribution in [-0.4, -0.2) is 80.7 Å². The number of carboxylic acid groups (broad SMARTS) is 3. The molecular weight excluding hydrogens is 949 g/mol. The molecule has 0 atom stereocenters. The Kier molecular flexibility index (Phi) is 87.9. The quantitative estimate of drug-likeness (QED) is 0.0341. The van der Waals surface area contributed by atoms with Crippen LogP contribution < -0.4 is 10.2 Å². The molecular formula is C65H130MgO9. The molecule has 4 N–H and O–H groups in total. The number of carbonyl (C=O) groups excluding carboxylic acids is 2. The molecule has 0 saturated carbocycles. The summed E-state index contributed by atoms with van der Waals surface area (Å²) in [6.07, 6.45) is 70.7. The van der Waals surface area contributed by atoms with Crippen LogP contribution in [0.2, 0.25) is 0 Å². The topological polar surface area (TPSA) is 178 Å². The molecule has 0 radical (unpaired) electrons. The summed E-state index contributed by atoms with van der Waals surface area (Å²) in [4.78, 5) is 30.9. The molecule has 0 aliphatic heterocycles. The molecule has 0 bridgehead atoms. The fraction of sp³-hybridized carbons (Fsp3) is 0.954. The Morgan fingerprint density at radius 2 is 0.413 bits per heavy atom. The fourth-order valence-electron chi connectivity index (χ4n) is 9.40. The molecule has 10 heteroatoms. The Morgan fingerprint density at radius 3 is 0.520 bits per heavy atom. The fourth-order valence-corrected chi connectivity index (χ4v) is 9.40. The van der Waals surface area contributed by atoms with E-state index in [9.17, 15) is 24.6 Å². The monoisotopic (exact) mass is 1080 g/mol. The Hall–Kier alpha value is -0.944. The van der Waals surface area contributed by atoms with E-state index >= 15 is 0 Å². The predicted octanol–water partition coefficient (Wildman–Crippen LogP) is 17.4. The van der Waals surface area contributed by atoms with E-state index in [4.69, 9.17) is 20.4 Å². The van der Waals surface area contributed by atoms with Gasteiger partial charge in [0.15, 0.2) is 0 Å². The summed E-state index contributed by atoms with van der Waals surface area (Å²) in [5.74, 6) is -2.45. The van der Waals surface area contributed by atoms with Crippen molar-refractivity contribution < 1.29 is 45.0 Å². The molecule has 75 heavy (non-hydrogen) atoms. The third kappa shape index (κ3) is 95.8. The first-order valence-corrected chi connectivity index (χ1v) is 32.6. The first-order valence-electron chi connectivity index (χ1n) is 32.6. The Labute approximate surface area is 483 Å². The zero-order chi connectivity index (χ0) is 55.3. The summed E-state index contributed by atoms with van der Waals surface area (Å²) in [5.41, 5.74) is 0. The van der Waals surface area contributed by atoms with Gasteiger partial charge >= 0.3 is 29.0 Å². The standard InChI is InChI=1S/2C22H44O2.C18H36O2.C3H8O3.Mg/c2*1-2-3-4-5-6-7-8-9-10-11-12-13-14-15-16-17-18-19-20-21-22(23)24;1-2-3-4-5-6-7-8-9-10-11-12-13-14-15-16-17-18(19)20;4-1-3(6)2-5;/h2*2-21H2,1H3,(H,23,24);2-17H2,1H3,(H,19,20);3-6H,1-2H2;/q;;;;+2/p-2. The minimum absolute atomic E-state index is 0. The van der Waals surface area contributed by atoms with Crippen molar-refractivity contribution in [2.75, 3.05) is 13.2 Å². The molecule has 0 heterocycles. The largest absolute Gasteiger partial charge is 2.00 e. The molecule has 446 valence electrons. The molecule has 0 aliphatic rings. The molecule has 0 aromatic rings. The third-order valence-electron chi connectivity index (χ3n) is 14.4. The summed E-state index contributed by atoms with van der Waals surface area (Å²) in [5, 5.41) is 53.1. The average Bonchev–Trinajstić information content (AvgIpc) is 3.39. The maximum Gasteiger partial charge on any atom is 2.00 e. The van der Waals surface area contributed by atoms with Gasteiger partial charge in [0, 0.05) is 18.4 Å². The second-order valence-electron chi connectivity index (χ2n) is 22.1. The molecule has 0 fully saturated rings. The maximum atomic E-state index is 10.4. The summed E-state index contributed by atoms with van der Waals surface area (Å²) >= 11 is 0. The van der Waals surface area contributed by atoms with E-state index in [1.165, 1.54) is 302 Å². The van der Waals surface area contributed by atoms with Crippen LogP contribution in [-0.2, 0) is 14.4 Å². The van der Waals surface area contributed by atoms with Crippen molar-refractivity contribution in [3.63, 3.8) is 0 Å². The molecule has 0 saturated heterocycles. The number of unbranched alkanes of at least 4 members (excludes halogenated alkanes) is 50. The van der Waals surface area contributed by atoms with Gasteiger partial charge in [0.05, 0.1) is 13.2 Å². The molecule has 0 aromatic carbocycles. The number of rotatable bonds is 58. The van der Waals surface area contributed by atoms with Gasteiger partial charge in [-0.3, -0.25) is 4.79 Å². The van der Waals surface area contributed by atoms with Gasteiger partial charge in [-0.25, -0.2) is 0 Å². The Bertz CT molecular complexity index is 975. The van der Waals surface area contributed by atoms with Gasteiger partial charge in [-0.2, -0.15) is 0 Å². The number of aliphatic hydroxyl groups excluding tert-OH is 3. The van der Waals surface area contributed by atoms with Gasteiger partial charge in [0.1, 0.15) is 6.10 Å². The average molecular weight is 1080 g/mol. The van der Waals surface area contributed by atoms with Gasteiger partial charge in [-0.05, 0) is 32.1 Å². The first kappa shape index (κ1) is 82.9. The van der Waals surface area contributed by atoms with E-state index in [1.807, 2.05) is 0 Å². The van der Waals surface area contributed by atoms with Crippen LogP contribution in [0.4, 0.5) is 0 Å². The molecule has 9 nitrogen and oxygen atoms in total. The molecule has 0 unspecified atom stereocenters. The number of hydrogen-bond donors (Lipinski definition) is 4. The summed E-state index contributed by atoms with van der Waals surface area (Å²) < 4.78 is 0. The minimum atomic E-state index is -0.954. The second-order valence-corrected chi connectivity index (χ2v) is 22.1. The molecule has 0 aromatic heterocycles. The summed E-state index contributed by atoms with van der Waals surface area (Å²) in [6, 6.07) is 0. The Balaban J connectivity index is -0.000000308.